The molecule has 0 aliphatic heterocycles. The Balaban J connectivity index is 2.60. The number of methoxy groups -OCH3 is 1. The van der Waals surface area contributed by atoms with Crippen molar-refractivity contribution in [1.29, 1.82) is 5.26 Å². The van der Waals surface area contributed by atoms with Crippen LogP contribution in [0.1, 0.15) is 24.8 Å². The maximum Gasteiger partial charge on any atom is 0.126 e. The number of allylic oxidation sites excluding steroid dienone is 1. The fourth-order valence-electron chi connectivity index (χ4n) is 1.61. The molecule has 0 aliphatic carbocycles. The van der Waals surface area contributed by atoms with Crippen molar-refractivity contribution < 1.29 is 9.47 Å². The Bertz CT molecular complexity index is 421. The van der Waals surface area contributed by atoms with Crippen LogP contribution in [0.25, 0.3) is 0 Å². The van der Waals surface area contributed by atoms with Crippen LogP contribution in [-0.2, 0) is 6.42 Å². The Labute approximate surface area is 109 Å². The van der Waals surface area contributed by atoms with Crippen molar-refractivity contribution in [2.75, 3.05) is 13.7 Å². The van der Waals surface area contributed by atoms with Gasteiger partial charge in [-0.15, -0.1) is 6.58 Å². The first-order valence-corrected chi connectivity index (χ1v) is 6.09. The average Bonchev–Trinajstić information content (AvgIpc) is 2.40. The highest BCUT2D eigenvalue weighted by molar-refractivity contribution is 5.41. The number of hydrogen-bond donors (Lipinski definition) is 0. The second kappa shape index (κ2) is 8.19. The summed E-state index contributed by atoms with van der Waals surface area (Å²) >= 11 is 0. The fraction of sp³-hybridized carbons (Fsp3) is 0.400. The number of ether oxygens (including phenoxy) is 2. The van der Waals surface area contributed by atoms with Crippen LogP contribution in [0.3, 0.4) is 0 Å². The lowest BCUT2D eigenvalue weighted by molar-refractivity contribution is 0.302. The molecular weight excluding hydrogens is 226 g/mol. The van der Waals surface area contributed by atoms with Gasteiger partial charge in [0.15, 0.2) is 0 Å². The molecule has 0 N–H and O–H groups in total. The van der Waals surface area contributed by atoms with E-state index in [4.69, 9.17) is 14.7 Å². The standard InChI is InChI=1S/C15H19NO2/c1-3-7-13-8-9-14(17-2)12-15(13)18-11-6-4-5-10-16/h3,8-9,12H,1,4-7,11H2,2H3. The first kappa shape index (κ1) is 14.1. The highest BCUT2D eigenvalue weighted by Crippen LogP contribution is 2.25. The normalized spacial score (nSPS) is 9.56. The van der Waals surface area contributed by atoms with Crippen LogP contribution in [-0.4, -0.2) is 13.7 Å². The Morgan fingerprint density at radius 2 is 2.22 bits per heavy atom. The van der Waals surface area contributed by atoms with E-state index in [1.807, 2.05) is 24.3 Å². The zero-order valence-corrected chi connectivity index (χ0v) is 10.8. The quantitative estimate of drug-likeness (QED) is 0.520. The van der Waals surface area contributed by atoms with Crippen molar-refractivity contribution in [3.8, 4) is 17.6 Å². The largest absolute Gasteiger partial charge is 0.497 e. The smallest absolute Gasteiger partial charge is 0.126 e. The van der Waals surface area contributed by atoms with Gasteiger partial charge in [-0.3, -0.25) is 0 Å². The van der Waals surface area contributed by atoms with E-state index in [1.165, 1.54) is 0 Å². The summed E-state index contributed by atoms with van der Waals surface area (Å²) in [7, 11) is 1.64. The van der Waals surface area contributed by atoms with Crippen LogP contribution in [0.4, 0.5) is 0 Å². The minimum absolute atomic E-state index is 0.584. The Morgan fingerprint density at radius 1 is 1.39 bits per heavy atom. The molecule has 0 saturated carbocycles. The second-order valence-corrected chi connectivity index (χ2v) is 3.93. The molecule has 0 fully saturated rings. The molecular formula is C15H19NO2. The van der Waals surface area contributed by atoms with Gasteiger partial charge in [-0.05, 0) is 30.9 Å². The molecule has 96 valence electrons. The monoisotopic (exact) mass is 245 g/mol. The number of nitrogens with zero attached hydrogens (tertiary/aromatic N) is 1. The predicted octanol–water partition coefficient (Wildman–Crippen LogP) is 3.50. The van der Waals surface area contributed by atoms with Crippen LogP contribution in [0.5, 0.6) is 11.5 Å². The maximum absolute atomic E-state index is 8.45. The number of unbranched alkanes of at least 4 members (excludes halogenated alkanes) is 2. The summed E-state index contributed by atoms with van der Waals surface area (Å²) in [5.74, 6) is 1.63. The van der Waals surface area contributed by atoms with E-state index in [0.717, 1.165) is 36.3 Å². The second-order valence-electron chi connectivity index (χ2n) is 3.93. The van der Waals surface area contributed by atoms with Gasteiger partial charge in [0, 0.05) is 12.5 Å². The predicted molar refractivity (Wildman–Crippen MR) is 71.9 cm³/mol. The Hall–Kier alpha value is -1.95. The van der Waals surface area contributed by atoms with E-state index in [2.05, 4.69) is 12.6 Å². The van der Waals surface area contributed by atoms with Crippen LogP contribution in [0.2, 0.25) is 0 Å². The zero-order valence-electron chi connectivity index (χ0n) is 10.8. The van der Waals surface area contributed by atoms with Gasteiger partial charge < -0.3 is 9.47 Å². The molecule has 3 nitrogen and oxygen atoms in total. The van der Waals surface area contributed by atoms with Gasteiger partial charge in [-0.1, -0.05) is 12.1 Å². The molecule has 0 aromatic heterocycles. The summed E-state index contributed by atoms with van der Waals surface area (Å²) in [5, 5.41) is 8.45. The van der Waals surface area contributed by atoms with Crippen LogP contribution >= 0.6 is 0 Å². The van der Waals surface area contributed by atoms with E-state index in [1.54, 1.807) is 7.11 Å². The molecule has 0 amide bonds. The van der Waals surface area contributed by atoms with Gasteiger partial charge in [-0.2, -0.15) is 5.26 Å². The molecule has 0 saturated heterocycles. The van der Waals surface area contributed by atoms with Gasteiger partial charge in [0.25, 0.3) is 0 Å². The van der Waals surface area contributed by atoms with Gasteiger partial charge >= 0.3 is 0 Å². The third-order valence-corrected chi connectivity index (χ3v) is 2.58. The summed E-state index contributed by atoms with van der Waals surface area (Å²) in [5.41, 5.74) is 1.10. The Morgan fingerprint density at radius 3 is 2.89 bits per heavy atom. The van der Waals surface area contributed by atoms with Crippen molar-refractivity contribution in [3.63, 3.8) is 0 Å². The fourth-order valence-corrected chi connectivity index (χ4v) is 1.61. The van der Waals surface area contributed by atoms with Gasteiger partial charge in [0.1, 0.15) is 11.5 Å². The van der Waals surface area contributed by atoms with Crippen LogP contribution in [0, 0.1) is 11.3 Å². The number of rotatable bonds is 8. The third kappa shape index (κ3) is 4.50. The molecule has 0 atom stereocenters. The highest BCUT2D eigenvalue weighted by atomic mass is 16.5. The molecule has 1 aromatic carbocycles. The summed E-state index contributed by atoms with van der Waals surface area (Å²) in [6.07, 6.45) is 4.97. The number of benzene rings is 1. The molecule has 0 bridgehead atoms. The summed E-state index contributed by atoms with van der Waals surface area (Å²) in [4.78, 5) is 0. The van der Waals surface area contributed by atoms with Gasteiger partial charge in [0.05, 0.1) is 19.8 Å². The lowest BCUT2D eigenvalue weighted by Crippen LogP contribution is -2.00. The van der Waals surface area contributed by atoms with Crippen LogP contribution < -0.4 is 9.47 Å². The summed E-state index contributed by atoms with van der Waals surface area (Å²) < 4.78 is 10.9. The zero-order chi connectivity index (χ0) is 13.2. The minimum atomic E-state index is 0.584. The van der Waals surface area contributed by atoms with E-state index in [-0.39, 0.29) is 0 Å². The summed E-state index contributed by atoms with van der Waals surface area (Å²) in [6, 6.07) is 7.93. The number of hydrogen-bond acceptors (Lipinski definition) is 3. The van der Waals surface area contributed by atoms with Crippen molar-refractivity contribution >= 4 is 0 Å². The SMILES string of the molecule is C=CCc1ccc(OC)cc1OCCCCC#N. The minimum Gasteiger partial charge on any atom is -0.497 e. The molecule has 1 aromatic rings. The van der Waals surface area contributed by atoms with Crippen molar-refractivity contribution in [1.82, 2.24) is 0 Å². The average molecular weight is 245 g/mol. The van der Waals surface area contributed by atoms with E-state index >= 15 is 0 Å². The van der Waals surface area contributed by atoms with E-state index < -0.39 is 0 Å². The third-order valence-electron chi connectivity index (χ3n) is 2.58. The van der Waals surface area contributed by atoms with Crippen molar-refractivity contribution in [3.05, 3.63) is 36.4 Å². The molecule has 1 rings (SSSR count). The lowest BCUT2D eigenvalue weighted by atomic mass is 10.1. The molecule has 18 heavy (non-hydrogen) atoms. The first-order valence-electron chi connectivity index (χ1n) is 6.09. The van der Waals surface area contributed by atoms with Crippen molar-refractivity contribution in [2.24, 2.45) is 0 Å². The summed E-state index contributed by atoms with van der Waals surface area (Å²) in [6.45, 7) is 4.36. The Kier molecular flexibility index (Phi) is 6.42. The van der Waals surface area contributed by atoms with Gasteiger partial charge in [0.2, 0.25) is 0 Å². The van der Waals surface area contributed by atoms with Crippen LogP contribution in [0.15, 0.2) is 30.9 Å². The molecule has 3 heteroatoms. The molecule has 0 radical (unpaired) electrons. The molecule has 0 unspecified atom stereocenters. The van der Waals surface area contributed by atoms with Crippen molar-refractivity contribution in [2.45, 2.75) is 25.7 Å². The molecule has 0 heterocycles. The first-order chi connectivity index (χ1) is 8.81. The van der Waals surface area contributed by atoms with E-state index in [0.29, 0.717) is 13.0 Å². The lowest BCUT2D eigenvalue weighted by Gasteiger charge is -2.11. The highest BCUT2D eigenvalue weighted by Gasteiger charge is 2.04. The van der Waals surface area contributed by atoms with E-state index in [9.17, 15) is 0 Å². The molecule has 0 aliphatic rings. The topological polar surface area (TPSA) is 42.2 Å². The number of nitriles is 1. The maximum atomic E-state index is 8.45. The van der Waals surface area contributed by atoms with Gasteiger partial charge in [-0.25, -0.2) is 0 Å². The molecule has 0 spiro atoms.